The van der Waals surface area contributed by atoms with E-state index in [1.807, 2.05) is 0 Å². The molecule has 0 atom stereocenters. The Morgan fingerprint density at radius 1 is 0.423 bits per heavy atom. The highest BCUT2D eigenvalue weighted by molar-refractivity contribution is 6.22. The zero-order valence-electron chi connectivity index (χ0n) is 41.8. The SMILES string of the molecule is C/C(=C\C=C1\C=CC=CC1)c1c2cc(N3c4ccccc4C(C)(C)c4ccccc43)ccc2c(-c2cccc3c2-c2ccccc2C3(C)C)c2cc(N3c4ccccc4C(C)(C)c4ccccc43)ccc12. The molecule has 9 aromatic carbocycles. The number of benzene rings is 9. The molecule has 0 aromatic heterocycles. The molecule has 344 valence electrons. The molecule has 2 heteroatoms. The average molecular weight is 915 g/mol. The van der Waals surface area contributed by atoms with Crippen molar-refractivity contribution >= 4 is 61.2 Å². The van der Waals surface area contributed by atoms with Crippen LogP contribution in [0.2, 0.25) is 0 Å². The molecule has 2 heterocycles. The fourth-order valence-corrected chi connectivity index (χ4v) is 13.0. The van der Waals surface area contributed by atoms with E-state index >= 15 is 0 Å². The second kappa shape index (κ2) is 15.8. The zero-order valence-corrected chi connectivity index (χ0v) is 41.8. The van der Waals surface area contributed by atoms with Crippen LogP contribution in [0.3, 0.4) is 0 Å². The summed E-state index contributed by atoms with van der Waals surface area (Å²) in [5, 5.41) is 4.96. The fourth-order valence-electron chi connectivity index (χ4n) is 13.0. The molecule has 0 saturated heterocycles. The van der Waals surface area contributed by atoms with E-state index in [9.17, 15) is 0 Å². The van der Waals surface area contributed by atoms with Gasteiger partial charge in [-0.1, -0.05) is 205 Å². The van der Waals surface area contributed by atoms with Crippen LogP contribution in [-0.2, 0) is 16.2 Å². The topological polar surface area (TPSA) is 6.48 Å². The van der Waals surface area contributed by atoms with Crippen molar-refractivity contribution in [2.24, 2.45) is 0 Å². The van der Waals surface area contributed by atoms with Gasteiger partial charge in [-0.2, -0.15) is 0 Å². The Balaban J connectivity index is 1.16. The lowest BCUT2D eigenvalue weighted by Gasteiger charge is -2.42. The molecule has 71 heavy (non-hydrogen) atoms. The van der Waals surface area contributed by atoms with E-state index in [4.69, 9.17) is 0 Å². The first-order valence-corrected chi connectivity index (χ1v) is 25.4. The fraction of sp³-hybridized carbons (Fsp3) is 0.159. The molecule has 9 aromatic rings. The summed E-state index contributed by atoms with van der Waals surface area (Å²) in [5.41, 5.74) is 23.8. The number of hydrogen-bond donors (Lipinski definition) is 0. The monoisotopic (exact) mass is 914 g/mol. The second-order valence-corrected chi connectivity index (χ2v) is 21.7. The molecular formula is C69H58N2. The van der Waals surface area contributed by atoms with Gasteiger partial charge in [-0.05, 0) is 156 Å². The minimum Gasteiger partial charge on any atom is -0.310 e. The van der Waals surface area contributed by atoms with Crippen LogP contribution >= 0.6 is 0 Å². The van der Waals surface area contributed by atoms with E-state index in [2.05, 4.69) is 271 Å². The summed E-state index contributed by atoms with van der Waals surface area (Å²) >= 11 is 0. The van der Waals surface area contributed by atoms with Crippen molar-refractivity contribution in [1.82, 2.24) is 0 Å². The van der Waals surface area contributed by atoms with Gasteiger partial charge in [0.2, 0.25) is 0 Å². The summed E-state index contributed by atoms with van der Waals surface area (Å²) < 4.78 is 0. The number of fused-ring (bicyclic) bond motifs is 9. The molecule has 0 saturated carbocycles. The second-order valence-electron chi connectivity index (χ2n) is 21.7. The van der Waals surface area contributed by atoms with Crippen LogP contribution in [0.25, 0.3) is 49.4 Å². The van der Waals surface area contributed by atoms with E-state index in [0.717, 1.165) is 17.8 Å². The number of hydrogen-bond acceptors (Lipinski definition) is 2. The molecule has 13 rings (SSSR count). The molecule has 2 aliphatic heterocycles. The van der Waals surface area contributed by atoms with Crippen molar-refractivity contribution in [3.8, 4) is 22.3 Å². The standard InChI is InChI=1S/C69H58N2/c1-44(36-37-45-22-9-8-10-23-45)64-48-40-38-47(71-62-34-19-15-29-57(62)69(6,7)58-30-16-20-35-63(58)71)43-53(48)65(51-25-21-31-59-66(51)50-24-11-12-26-54(50)67(59,2)3)49-41-39-46(42-52(49)64)70-60-32-17-13-27-55(60)68(4,5)56-28-14-18-33-61(56)70/h8-22,24-43H,23H2,1-7H3/b44-36+,45-37-. The molecule has 0 amide bonds. The summed E-state index contributed by atoms with van der Waals surface area (Å²) in [4.78, 5) is 5.03. The quantitative estimate of drug-likeness (QED) is 0.159. The van der Waals surface area contributed by atoms with E-state index in [-0.39, 0.29) is 16.2 Å². The van der Waals surface area contributed by atoms with Gasteiger partial charge in [-0.25, -0.2) is 0 Å². The lowest BCUT2D eigenvalue weighted by molar-refractivity contribution is 0.632. The van der Waals surface area contributed by atoms with Crippen molar-refractivity contribution in [3.05, 3.63) is 257 Å². The van der Waals surface area contributed by atoms with Crippen molar-refractivity contribution < 1.29 is 0 Å². The van der Waals surface area contributed by atoms with Gasteiger partial charge >= 0.3 is 0 Å². The van der Waals surface area contributed by atoms with Crippen molar-refractivity contribution in [2.75, 3.05) is 9.80 Å². The maximum Gasteiger partial charge on any atom is 0.0502 e. The number of nitrogens with zero attached hydrogens (tertiary/aromatic N) is 2. The van der Waals surface area contributed by atoms with Gasteiger partial charge in [0.05, 0.1) is 22.7 Å². The molecule has 0 radical (unpaired) electrons. The normalized spacial score (nSPS) is 17.2. The van der Waals surface area contributed by atoms with Gasteiger partial charge in [0.15, 0.2) is 0 Å². The first-order chi connectivity index (χ1) is 34.4. The molecule has 0 unspecified atom stereocenters. The van der Waals surface area contributed by atoms with Crippen LogP contribution in [0.5, 0.6) is 0 Å². The minimum atomic E-state index is -0.164. The molecule has 2 aliphatic carbocycles. The summed E-state index contributed by atoms with van der Waals surface area (Å²) in [6.07, 6.45) is 14.4. The number of para-hydroxylation sites is 4. The Labute approximate surface area is 419 Å². The van der Waals surface area contributed by atoms with Gasteiger partial charge in [-0.15, -0.1) is 0 Å². The highest BCUT2D eigenvalue weighted by Crippen LogP contribution is 2.58. The largest absolute Gasteiger partial charge is 0.310 e. The molecular weight excluding hydrogens is 857 g/mol. The Hall–Kier alpha value is -7.94. The van der Waals surface area contributed by atoms with Crippen LogP contribution in [0, 0.1) is 0 Å². The first kappa shape index (κ1) is 43.1. The molecule has 2 nitrogen and oxygen atoms in total. The number of anilines is 6. The predicted molar refractivity (Wildman–Crippen MR) is 303 cm³/mol. The van der Waals surface area contributed by atoms with Crippen LogP contribution < -0.4 is 9.80 Å². The van der Waals surface area contributed by atoms with E-state index in [0.29, 0.717) is 0 Å². The number of rotatable bonds is 5. The van der Waals surface area contributed by atoms with Crippen LogP contribution in [0.1, 0.15) is 93.8 Å². The molecule has 0 fully saturated rings. The Kier molecular flexibility index (Phi) is 9.59. The van der Waals surface area contributed by atoms with E-state index in [1.165, 1.54) is 117 Å². The van der Waals surface area contributed by atoms with Gasteiger partial charge in [0.1, 0.15) is 0 Å². The van der Waals surface area contributed by atoms with Crippen molar-refractivity contribution in [3.63, 3.8) is 0 Å². The highest BCUT2D eigenvalue weighted by Gasteiger charge is 2.40. The predicted octanol–water partition coefficient (Wildman–Crippen LogP) is 19.0. The Bertz CT molecular complexity index is 3750. The maximum atomic E-state index is 2.52. The summed E-state index contributed by atoms with van der Waals surface area (Å²) in [7, 11) is 0. The summed E-state index contributed by atoms with van der Waals surface area (Å²) in [6.45, 7) is 16.6. The van der Waals surface area contributed by atoms with Crippen LogP contribution in [0.4, 0.5) is 34.1 Å². The Morgan fingerprint density at radius 2 is 0.887 bits per heavy atom. The third-order valence-electron chi connectivity index (χ3n) is 16.6. The smallest absolute Gasteiger partial charge is 0.0502 e. The molecule has 0 bridgehead atoms. The van der Waals surface area contributed by atoms with Crippen LogP contribution in [0.15, 0.2) is 218 Å². The maximum absolute atomic E-state index is 2.52. The van der Waals surface area contributed by atoms with Gasteiger partial charge in [0, 0.05) is 27.6 Å². The average Bonchev–Trinajstić information content (AvgIpc) is 3.63. The lowest BCUT2D eigenvalue weighted by atomic mass is 9.73. The van der Waals surface area contributed by atoms with E-state index in [1.54, 1.807) is 0 Å². The van der Waals surface area contributed by atoms with Gasteiger partial charge < -0.3 is 9.80 Å². The Morgan fingerprint density at radius 3 is 1.44 bits per heavy atom. The third-order valence-corrected chi connectivity index (χ3v) is 16.6. The summed E-state index contributed by atoms with van der Waals surface area (Å²) in [5.74, 6) is 0. The minimum absolute atomic E-state index is 0.155. The zero-order chi connectivity index (χ0) is 48.4. The number of allylic oxidation sites excluding steroid dienone is 8. The molecule has 0 N–H and O–H groups in total. The molecule has 0 spiro atoms. The van der Waals surface area contributed by atoms with Gasteiger partial charge in [-0.3, -0.25) is 0 Å². The van der Waals surface area contributed by atoms with E-state index < -0.39 is 0 Å². The summed E-state index contributed by atoms with van der Waals surface area (Å²) in [6, 6.07) is 66.9. The van der Waals surface area contributed by atoms with Gasteiger partial charge in [0.25, 0.3) is 0 Å². The first-order valence-electron chi connectivity index (χ1n) is 25.4. The third kappa shape index (κ3) is 6.33. The van der Waals surface area contributed by atoms with Crippen molar-refractivity contribution in [2.45, 2.75) is 71.1 Å². The van der Waals surface area contributed by atoms with Crippen LogP contribution in [-0.4, -0.2) is 0 Å². The lowest BCUT2D eigenvalue weighted by Crippen LogP contribution is -2.30. The highest BCUT2D eigenvalue weighted by atomic mass is 15.2. The molecule has 4 aliphatic rings. The van der Waals surface area contributed by atoms with Crippen molar-refractivity contribution in [1.29, 1.82) is 0 Å².